The van der Waals surface area contributed by atoms with E-state index < -0.39 is 0 Å². The van der Waals surface area contributed by atoms with Crippen molar-refractivity contribution in [2.45, 2.75) is 0 Å². The normalized spacial score (nSPS) is 10.3. The van der Waals surface area contributed by atoms with Crippen molar-refractivity contribution >= 4 is 5.82 Å². The molecular weight excluding hydrogens is 372 g/mol. The van der Waals surface area contributed by atoms with Gasteiger partial charge in [-0.05, 0) is 48.2 Å². The minimum atomic E-state index is 0.725. The van der Waals surface area contributed by atoms with E-state index in [1.807, 2.05) is 85.1 Å². The molecule has 0 spiro atoms. The lowest BCUT2D eigenvalue weighted by molar-refractivity contribution is 0.415. The summed E-state index contributed by atoms with van der Waals surface area (Å²) in [7, 11) is 1.66. The molecule has 0 aliphatic carbocycles. The number of pyridine rings is 1. The molecule has 4 aromatic rings. The summed E-state index contributed by atoms with van der Waals surface area (Å²) < 4.78 is 11.5. The van der Waals surface area contributed by atoms with E-state index in [0.29, 0.717) is 0 Å². The highest BCUT2D eigenvalue weighted by Crippen LogP contribution is 2.37. The monoisotopic (exact) mass is 394 g/mol. The summed E-state index contributed by atoms with van der Waals surface area (Å²) in [6.45, 7) is 3.77. The lowest BCUT2D eigenvalue weighted by Crippen LogP contribution is -1.96. The molecule has 0 saturated carbocycles. The van der Waals surface area contributed by atoms with E-state index in [1.165, 1.54) is 0 Å². The van der Waals surface area contributed by atoms with Crippen LogP contribution in [0.3, 0.4) is 0 Å². The molecule has 0 fully saturated rings. The number of ether oxygens (including phenoxy) is 2. The number of hydrogen-bond donors (Lipinski definition) is 1. The minimum Gasteiger partial charge on any atom is -0.497 e. The maximum Gasteiger partial charge on any atom is 0.137 e. The van der Waals surface area contributed by atoms with Crippen LogP contribution in [-0.4, -0.2) is 12.1 Å². The number of hydrogen-bond acceptors (Lipinski definition) is 4. The smallest absolute Gasteiger partial charge is 0.137 e. The molecule has 0 radical (unpaired) electrons. The first-order valence-corrected chi connectivity index (χ1v) is 9.62. The van der Waals surface area contributed by atoms with Gasteiger partial charge in [0.05, 0.1) is 7.11 Å². The quantitative estimate of drug-likeness (QED) is 0.375. The van der Waals surface area contributed by atoms with E-state index in [1.54, 1.807) is 13.3 Å². The van der Waals surface area contributed by atoms with Crippen LogP contribution in [0.4, 0.5) is 5.82 Å². The number of methoxy groups -OCH3 is 1. The molecule has 0 saturated heterocycles. The third kappa shape index (κ3) is 4.18. The van der Waals surface area contributed by atoms with Crippen LogP contribution < -0.4 is 14.8 Å². The van der Waals surface area contributed by atoms with Crippen molar-refractivity contribution in [2.75, 3.05) is 12.4 Å². The third-order valence-electron chi connectivity index (χ3n) is 4.68. The van der Waals surface area contributed by atoms with Crippen LogP contribution in [0.25, 0.3) is 22.3 Å². The van der Waals surface area contributed by atoms with Crippen molar-refractivity contribution in [3.05, 3.63) is 104 Å². The van der Waals surface area contributed by atoms with Gasteiger partial charge in [-0.3, -0.25) is 0 Å². The summed E-state index contributed by atoms with van der Waals surface area (Å²) in [6, 6.07) is 27.7. The van der Waals surface area contributed by atoms with Crippen molar-refractivity contribution in [1.29, 1.82) is 0 Å². The predicted molar refractivity (Wildman–Crippen MR) is 122 cm³/mol. The van der Waals surface area contributed by atoms with Gasteiger partial charge in [-0.2, -0.15) is 0 Å². The number of anilines is 1. The number of benzene rings is 3. The van der Waals surface area contributed by atoms with Gasteiger partial charge in [0.15, 0.2) is 0 Å². The van der Waals surface area contributed by atoms with Gasteiger partial charge in [-0.15, -0.1) is 0 Å². The first-order valence-electron chi connectivity index (χ1n) is 9.62. The van der Waals surface area contributed by atoms with Crippen LogP contribution in [-0.2, 0) is 0 Å². The van der Waals surface area contributed by atoms with E-state index in [9.17, 15) is 0 Å². The van der Waals surface area contributed by atoms with Crippen LogP contribution in [0.2, 0.25) is 0 Å². The van der Waals surface area contributed by atoms with Crippen molar-refractivity contribution in [3.63, 3.8) is 0 Å². The van der Waals surface area contributed by atoms with Crippen molar-refractivity contribution in [2.24, 2.45) is 0 Å². The molecule has 0 unspecified atom stereocenters. The Morgan fingerprint density at radius 2 is 1.57 bits per heavy atom. The molecular formula is C26H22N2O2. The van der Waals surface area contributed by atoms with Gasteiger partial charge in [0, 0.05) is 22.9 Å². The van der Waals surface area contributed by atoms with E-state index in [2.05, 4.69) is 22.9 Å². The second kappa shape index (κ2) is 8.97. The van der Waals surface area contributed by atoms with Crippen LogP contribution >= 0.6 is 0 Å². The first kappa shape index (κ1) is 19.3. The standard InChI is InChI=1S/C26H22N2O2/c1-3-27-26-24(19-10-9-13-22(16-19)29-2)17-20(18-28-26)23-14-7-8-15-25(23)30-21-11-5-4-6-12-21/h3-18H,1H2,2H3,(H,27,28). The minimum absolute atomic E-state index is 0.725. The average molecular weight is 394 g/mol. The Morgan fingerprint density at radius 1 is 0.800 bits per heavy atom. The third-order valence-corrected chi connectivity index (χ3v) is 4.68. The van der Waals surface area contributed by atoms with E-state index >= 15 is 0 Å². The molecule has 0 aliphatic heterocycles. The van der Waals surface area contributed by atoms with Gasteiger partial charge in [0.1, 0.15) is 23.1 Å². The maximum absolute atomic E-state index is 6.14. The van der Waals surface area contributed by atoms with E-state index in [0.717, 1.165) is 45.3 Å². The molecule has 3 aromatic carbocycles. The van der Waals surface area contributed by atoms with Gasteiger partial charge in [0.25, 0.3) is 0 Å². The number of nitrogens with zero attached hydrogens (tertiary/aromatic N) is 1. The largest absolute Gasteiger partial charge is 0.497 e. The fourth-order valence-electron chi connectivity index (χ4n) is 3.24. The predicted octanol–water partition coefficient (Wildman–Crippen LogP) is 6.77. The average Bonchev–Trinajstić information content (AvgIpc) is 2.81. The summed E-state index contributed by atoms with van der Waals surface area (Å²) in [5.41, 5.74) is 3.85. The molecule has 1 heterocycles. The molecule has 4 nitrogen and oxygen atoms in total. The first-order chi connectivity index (χ1) is 14.8. The van der Waals surface area contributed by atoms with Gasteiger partial charge in [-0.25, -0.2) is 4.98 Å². The SMILES string of the molecule is C=CNc1ncc(-c2ccccc2Oc2ccccc2)cc1-c1cccc(OC)c1. The Kier molecular flexibility index (Phi) is 5.76. The molecule has 1 N–H and O–H groups in total. The van der Waals surface area contributed by atoms with Gasteiger partial charge < -0.3 is 14.8 Å². The second-order valence-electron chi connectivity index (χ2n) is 6.61. The molecule has 1 aromatic heterocycles. The summed E-state index contributed by atoms with van der Waals surface area (Å²) in [5, 5.41) is 3.13. The van der Waals surface area contributed by atoms with E-state index in [-0.39, 0.29) is 0 Å². The molecule has 0 atom stereocenters. The second-order valence-corrected chi connectivity index (χ2v) is 6.61. The molecule has 0 bridgehead atoms. The van der Waals surface area contributed by atoms with Crippen LogP contribution in [0.5, 0.6) is 17.2 Å². The van der Waals surface area contributed by atoms with E-state index in [4.69, 9.17) is 9.47 Å². The molecule has 0 aliphatic rings. The Bertz CT molecular complexity index is 1160. The fraction of sp³-hybridized carbons (Fsp3) is 0.0385. The number of nitrogens with one attached hydrogen (secondary N) is 1. The highest BCUT2D eigenvalue weighted by atomic mass is 16.5. The van der Waals surface area contributed by atoms with Crippen LogP contribution in [0.15, 0.2) is 104 Å². The Labute approximate surface area is 176 Å². The Hall–Kier alpha value is -4.05. The number of aromatic nitrogens is 1. The number of para-hydroxylation sites is 2. The highest BCUT2D eigenvalue weighted by Gasteiger charge is 2.13. The molecule has 148 valence electrons. The van der Waals surface area contributed by atoms with Crippen molar-refractivity contribution in [3.8, 4) is 39.5 Å². The van der Waals surface area contributed by atoms with Crippen LogP contribution in [0, 0.1) is 0 Å². The zero-order chi connectivity index (χ0) is 20.8. The highest BCUT2D eigenvalue weighted by molar-refractivity contribution is 5.82. The van der Waals surface area contributed by atoms with Crippen molar-refractivity contribution in [1.82, 2.24) is 4.98 Å². The van der Waals surface area contributed by atoms with Gasteiger partial charge in [0.2, 0.25) is 0 Å². The maximum atomic E-state index is 6.14. The summed E-state index contributed by atoms with van der Waals surface area (Å²) in [5.74, 6) is 3.07. The molecule has 30 heavy (non-hydrogen) atoms. The lowest BCUT2D eigenvalue weighted by atomic mass is 10.00. The summed E-state index contributed by atoms with van der Waals surface area (Å²) in [4.78, 5) is 4.65. The Morgan fingerprint density at radius 3 is 2.37 bits per heavy atom. The molecule has 4 rings (SSSR count). The molecule has 0 amide bonds. The van der Waals surface area contributed by atoms with Gasteiger partial charge in [-0.1, -0.05) is 55.1 Å². The zero-order valence-electron chi connectivity index (χ0n) is 16.7. The summed E-state index contributed by atoms with van der Waals surface area (Å²) >= 11 is 0. The summed E-state index contributed by atoms with van der Waals surface area (Å²) in [6.07, 6.45) is 3.46. The van der Waals surface area contributed by atoms with Gasteiger partial charge >= 0.3 is 0 Å². The zero-order valence-corrected chi connectivity index (χ0v) is 16.7. The fourth-order valence-corrected chi connectivity index (χ4v) is 3.24. The lowest BCUT2D eigenvalue weighted by Gasteiger charge is -2.15. The molecule has 4 heteroatoms. The number of rotatable bonds is 7. The van der Waals surface area contributed by atoms with Crippen LogP contribution in [0.1, 0.15) is 0 Å². The topological polar surface area (TPSA) is 43.4 Å². The Balaban J connectivity index is 1.80. The van der Waals surface area contributed by atoms with Crippen molar-refractivity contribution < 1.29 is 9.47 Å².